The van der Waals surface area contributed by atoms with E-state index in [0.29, 0.717) is 24.5 Å². The normalized spacial score (nSPS) is 17.8. The third kappa shape index (κ3) is 3.17. The number of aromatic nitrogens is 1. The minimum absolute atomic E-state index is 0.0372. The second kappa shape index (κ2) is 6.53. The smallest absolute Gasteiger partial charge is 0.292 e. The Hall–Kier alpha value is -1.87. The van der Waals surface area contributed by atoms with Crippen LogP contribution in [0, 0.1) is 18.3 Å². The summed E-state index contributed by atoms with van der Waals surface area (Å²) in [5.41, 5.74) is 0.708. The Morgan fingerprint density at radius 1 is 1.50 bits per heavy atom. The van der Waals surface area contributed by atoms with E-state index in [0.717, 1.165) is 25.9 Å². The third-order valence-corrected chi connectivity index (χ3v) is 3.59. The van der Waals surface area contributed by atoms with Gasteiger partial charge in [0.05, 0.1) is 17.8 Å². The summed E-state index contributed by atoms with van der Waals surface area (Å²) in [6.07, 6.45) is 1.88. The Morgan fingerprint density at radius 2 is 2.20 bits per heavy atom. The molecule has 1 aliphatic rings. The summed E-state index contributed by atoms with van der Waals surface area (Å²) in [5.74, 6) is 0.176. The van der Waals surface area contributed by atoms with Crippen molar-refractivity contribution in [3.63, 3.8) is 0 Å². The number of carbonyl (C=O) groups is 1. The van der Waals surface area contributed by atoms with Crippen molar-refractivity contribution >= 4 is 5.91 Å². The molecule has 0 bridgehead atoms. The molecule has 1 aromatic rings. The maximum Gasteiger partial charge on any atom is 0.292 e. The standard InChI is InChI=1S/C14H20N4O2/c1-3-4-12(10-15)17-5-7-18(8-6-17)14(19)13-9-11(2)16-20-13/h9,12H,3-8H2,1-2H3. The zero-order valence-corrected chi connectivity index (χ0v) is 12.0. The third-order valence-electron chi connectivity index (χ3n) is 3.59. The van der Waals surface area contributed by atoms with Crippen LogP contribution in [0.15, 0.2) is 10.6 Å². The van der Waals surface area contributed by atoms with Crippen LogP contribution in [0.4, 0.5) is 0 Å². The van der Waals surface area contributed by atoms with Gasteiger partial charge < -0.3 is 9.42 Å². The largest absolute Gasteiger partial charge is 0.351 e. The number of carbonyl (C=O) groups excluding carboxylic acids is 1. The molecular weight excluding hydrogens is 256 g/mol. The molecule has 1 amide bonds. The number of nitrogens with zero attached hydrogens (tertiary/aromatic N) is 4. The van der Waals surface area contributed by atoms with E-state index in [-0.39, 0.29) is 11.9 Å². The Labute approximate surface area is 118 Å². The Balaban J connectivity index is 1.91. The van der Waals surface area contributed by atoms with Gasteiger partial charge in [0, 0.05) is 32.2 Å². The fourth-order valence-corrected chi connectivity index (χ4v) is 2.46. The first-order valence-electron chi connectivity index (χ1n) is 7.02. The lowest BCUT2D eigenvalue weighted by molar-refractivity contribution is 0.0562. The zero-order chi connectivity index (χ0) is 14.5. The average Bonchev–Trinajstić information content (AvgIpc) is 2.91. The number of rotatable bonds is 4. The number of piperazine rings is 1. The van der Waals surface area contributed by atoms with Crippen molar-refractivity contribution in [1.29, 1.82) is 5.26 Å². The summed E-state index contributed by atoms with van der Waals surface area (Å²) < 4.78 is 5.01. The van der Waals surface area contributed by atoms with Gasteiger partial charge in [-0.1, -0.05) is 18.5 Å². The predicted octanol–water partition coefficient (Wildman–Crippen LogP) is 1.43. The molecule has 0 aromatic carbocycles. The second-order valence-electron chi connectivity index (χ2n) is 5.09. The van der Waals surface area contributed by atoms with E-state index in [1.165, 1.54) is 0 Å². The van der Waals surface area contributed by atoms with Crippen LogP contribution in [0.2, 0.25) is 0 Å². The van der Waals surface area contributed by atoms with Gasteiger partial charge in [0.15, 0.2) is 0 Å². The van der Waals surface area contributed by atoms with Crippen LogP contribution in [0.1, 0.15) is 36.0 Å². The maximum absolute atomic E-state index is 12.2. The molecule has 1 unspecified atom stereocenters. The van der Waals surface area contributed by atoms with Crippen molar-refractivity contribution in [2.24, 2.45) is 0 Å². The van der Waals surface area contributed by atoms with E-state index in [2.05, 4.69) is 23.0 Å². The van der Waals surface area contributed by atoms with E-state index in [1.54, 1.807) is 17.9 Å². The van der Waals surface area contributed by atoms with Crippen LogP contribution in [0.5, 0.6) is 0 Å². The lowest BCUT2D eigenvalue weighted by Crippen LogP contribution is -2.51. The molecule has 0 saturated carbocycles. The van der Waals surface area contributed by atoms with Gasteiger partial charge >= 0.3 is 0 Å². The molecule has 1 aromatic heterocycles. The summed E-state index contributed by atoms with van der Waals surface area (Å²) >= 11 is 0. The van der Waals surface area contributed by atoms with Crippen LogP contribution in [0.25, 0.3) is 0 Å². The van der Waals surface area contributed by atoms with E-state index in [9.17, 15) is 4.79 Å². The molecular formula is C14H20N4O2. The first kappa shape index (κ1) is 14.5. The van der Waals surface area contributed by atoms with E-state index in [4.69, 9.17) is 9.78 Å². The fourth-order valence-electron chi connectivity index (χ4n) is 2.46. The van der Waals surface area contributed by atoms with E-state index >= 15 is 0 Å². The van der Waals surface area contributed by atoms with Crippen molar-refractivity contribution < 1.29 is 9.32 Å². The minimum Gasteiger partial charge on any atom is -0.351 e. The number of aryl methyl sites for hydroxylation is 1. The quantitative estimate of drug-likeness (QED) is 0.831. The maximum atomic E-state index is 12.2. The molecule has 1 fully saturated rings. The van der Waals surface area contributed by atoms with Crippen molar-refractivity contribution in [3.8, 4) is 6.07 Å². The molecule has 6 heteroatoms. The SMILES string of the molecule is CCCC(C#N)N1CCN(C(=O)c2cc(C)no2)CC1. The number of nitriles is 1. The highest BCUT2D eigenvalue weighted by Gasteiger charge is 2.27. The van der Waals surface area contributed by atoms with Gasteiger partial charge in [0.1, 0.15) is 0 Å². The van der Waals surface area contributed by atoms with Crippen LogP contribution >= 0.6 is 0 Å². The molecule has 2 heterocycles. The summed E-state index contributed by atoms with van der Waals surface area (Å²) in [6.45, 7) is 6.59. The van der Waals surface area contributed by atoms with Gasteiger partial charge in [-0.15, -0.1) is 0 Å². The molecule has 108 valence electrons. The van der Waals surface area contributed by atoms with Crippen molar-refractivity contribution in [3.05, 3.63) is 17.5 Å². The molecule has 0 aliphatic carbocycles. The second-order valence-corrected chi connectivity index (χ2v) is 5.09. The van der Waals surface area contributed by atoms with Crippen molar-refractivity contribution in [1.82, 2.24) is 15.0 Å². The molecule has 0 radical (unpaired) electrons. The highest BCUT2D eigenvalue weighted by molar-refractivity contribution is 5.91. The monoisotopic (exact) mass is 276 g/mol. The Bertz CT molecular complexity index is 498. The molecule has 1 aliphatic heterocycles. The van der Waals surface area contributed by atoms with E-state index < -0.39 is 0 Å². The van der Waals surface area contributed by atoms with Crippen LogP contribution in [-0.4, -0.2) is 53.1 Å². The molecule has 0 spiro atoms. The van der Waals surface area contributed by atoms with Crippen LogP contribution in [-0.2, 0) is 0 Å². The lowest BCUT2D eigenvalue weighted by Gasteiger charge is -2.36. The first-order chi connectivity index (χ1) is 9.65. The summed E-state index contributed by atoms with van der Waals surface area (Å²) in [4.78, 5) is 16.1. The summed E-state index contributed by atoms with van der Waals surface area (Å²) in [6, 6.07) is 3.97. The van der Waals surface area contributed by atoms with Gasteiger partial charge in [-0.25, -0.2) is 0 Å². The summed E-state index contributed by atoms with van der Waals surface area (Å²) in [7, 11) is 0. The molecule has 2 rings (SSSR count). The fraction of sp³-hybridized carbons (Fsp3) is 0.643. The highest BCUT2D eigenvalue weighted by atomic mass is 16.5. The number of hydrogen-bond donors (Lipinski definition) is 0. The minimum atomic E-state index is -0.116. The molecule has 6 nitrogen and oxygen atoms in total. The Morgan fingerprint density at radius 3 is 2.70 bits per heavy atom. The van der Waals surface area contributed by atoms with Crippen molar-refractivity contribution in [2.75, 3.05) is 26.2 Å². The summed E-state index contributed by atoms with van der Waals surface area (Å²) in [5, 5.41) is 12.9. The van der Waals surface area contributed by atoms with Gasteiger partial charge in [-0.05, 0) is 13.3 Å². The number of amides is 1. The molecule has 20 heavy (non-hydrogen) atoms. The predicted molar refractivity (Wildman–Crippen MR) is 73.0 cm³/mol. The van der Waals surface area contributed by atoms with Crippen LogP contribution in [0.3, 0.4) is 0 Å². The van der Waals surface area contributed by atoms with Gasteiger partial charge in [-0.2, -0.15) is 5.26 Å². The van der Waals surface area contributed by atoms with Gasteiger partial charge in [0.2, 0.25) is 5.76 Å². The van der Waals surface area contributed by atoms with Crippen molar-refractivity contribution in [2.45, 2.75) is 32.7 Å². The first-order valence-corrected chi connectivity index (χ1v) is 7.02. The average molecular weight is 276 g/mol. The molecule has 1 saturated heterocycles. The Kier molecular flexibility index (Phi) is 4.74. The van der Waals surface area contributed by atoms with Gasteiger partial charge in [0.25, 0.3) is 5.91 Å². The lowest BCUT2D eigenvalue weighted by atomic mass is 10.1. The van der Waals surface area contributed by atoms with E-state index in [1.807, 2.05) is 0 Å². The topological polar surface area (TPSA) is 73.4 Å². The molecule has 1 atom stereocenters. The molecule has 0 N–H and O–H groups in total. The highest BCUT2D eigenvalue weighted by Crippen LogP contribution is 2.13. The number of hydrogen-bond acceptors (Lipinski definition) is 5. The van der Waals surface area contributed by atoms with Crippen LogP contribution < -0.4 is 0 Å². The van der Waals surface area contributed by atoms with Gasteiger partial charge in [-0.3, -0.25) is 9.69 Å². The zero-order valence-electron chi connectivity index (χ0n) is 12.0.